The molecular weight excluding hydrogens is 307 g/mol. The lowest BCUT2D eigenvalue weighted by molar-refractivity contribution is -0.274. The molecule has 4 N–H and O–H groups in total. The van der Waals surface area contributed by atoms with Crippen LogP contribution in [0, 0.1) is 0 Å². The summed E-state index contributed by atoms with van der Waals surface area (Å²) in [5.41, 5.74) is 5.38. The van der Waals surface area contributed by atoms with E-state index in [1.54, 1.807) is 0 Å². The topological polar surface area (TPSA) is 75.7 Å². The van der Waals surface area contributed by atoms with Crippen LogP contribution in [-0.4, -0.2) is 23.2 Å². The van der Waals surface area contributed by atoms with E-state index in [4.69, 9.17) is 10.8 Å². The average Bonchev–Trinajstić information content (AvgIpc) is 2.19. The number of halogens is 4. The molecule has 0 heterocycles. The van der Waals surface area contributed by atoms with Gasteiger partial charge in [-0.15, -0.1) is 13.2 Å². The van der Waals surface area contributed by atoms with Crippen LogP contribution in [-0.2, 0) is 0 Å². The Balaban J connectivity index is 3.15. The number of hydrogen-bond acceptors (Lipinski definition) is 4. The number of hydrogen-bond donors (Lipinski definition) is 3. The number of benzene rings is 1. The van der Waals surface area contributed by atoms with Gasteiger partial charge in [0.2, 0.25) is 0 Å². The number of nitrogens with two attached hydrogens (primary N) is 1. The van der Waals surface area contributed by atoms with Crippen molar-refractivity contribution in [1.29, 1.82) is 0 Å². The lowest BCUT2D eigenvalue weighted by Crippen LogP contribution is -2.19. The summed E-state index contributed by atoms with van der Waals surface area (Å²) in [6.07, 6.45) is -4.85. The van der Waals surface area contributed by atoms with E-state index in [2.05, 4.69) is 20.7 Å². The fourth-order valence-corrected chi connectivity index (χ4v) is 1.57. The van der Waals surface area contributed by atoms with Crippen LogP contribution >= 0.6 is 15.9 Å². The summed E-state index contributed by atoms with van der Waals surface area (Å²) in [5, 5.41) is 18.3. The van der Waals surface area contributed by atoms with Gasteiger partial charge in [0.15, 0.2) is 0 Å². The first kappa shape index (κ1) is 14.1. The maximum absolute atomic E-state index is 12.1. The first-order chi connectivity index (χ1) is 7.74. The Bertz CT molecular complexity index is 411. The number of ether oxygens (including phenoxy) is 1. The van der Waals surface area contributed by atoms with E-state index in [-0.39, 0.29) is 15.8 Å². The highest BCUT2D eigenvalue weighted by atomic mass is 79.9. The molecule has 0 aliphatic carbocycles. The van der Waals surface area contributed by atoms with Gasteiger partial charge >= 0.3 is 6.36 Å². The lowest BCUT2D eigenvalue weighted by atomic mass is 10.1. The predicted molar refractivity (Wildman–Crippen MR) is 56.5 cm³/mol. The Labute approximate surface area is 103 Å². The second-order valence-corrected chi connectivity index (χ2v) is 4.03. The third kappa shape index (κ3) is 3.76. The highest BCUT2D eigenvalue weighted by molar-refractivity contribution is 9.10. The van der Waals surface area contributed by atoms with Gasteiger partial charge < -0.3 is 20.7 Å². The molecule has 4 nitrogen and oxygen atoms in total. The molecule has 0 saturated carbocycles. The number of alkyl halides is 3. The minimum atomic E-state index is -4.85. The second kappa shape index (κ2) is 5.11. The minimum absolute atomic E-state index is 0.0325. The fraction of sp³-hybridized carbons (Fsp3) is 0.333. The van der Waals surface area contributed by atoms with Gasteiger partial charge in [-0.3, -0.25) is 0 Å². The van der Waals surface area contributed by atoms with Crippen LogP contribution in [0.4, 0.5) is 13.2 Å². The van der Waals surface area contributed by atoms with E-state index in [1.807, 2.05) is 0 Å². The van der Waals surface area contributed by atoms with Crippen molar-refractivity contribution < 1.29 is 28.1 Å². The summed E-state index contributed by atoms with van der Waals surface area (Å²) in [4.78, 5) is 0. The van der Waals surface area contributed by atoms with Crippen molar-refractivity contribution in [1.82, 2.24) is 0 Å². The third-order valence-electron chi connectivity index (χ3n) is 1.90. The van der Waals surface area contributed by atoms with Crippen LogP contribution in [0.3, 0.4) is 0 Å². The molecule has 0 amide bonds. The Morgan fingerprint density at radius 1 is 1.41 bits per heavy atom. The summed E-state index contributed by atoms with van der Waals surface area (Å²) in [5.74, 6) is -0.859. The molecule has 0 aromatic heterocycles. The standard InChI is InChI=1S/C9H9BrF3NO3/c10-5-2-7(16)4(6(14)3-15)1-8(5)17-9(11,12)13/h1-2,6,15-16H,3,14H2/t6-/m1/s1. The highest BCUT2D eigenvalue weighted by Gasteiger charge is 2.32. The lowest BCUT2D eigenvalue weighted by Gasteiger charge is -2.15. The maximum atomic E-state index is 12.1. The summed E-state index contributed by atoms with van der Waals surface area (Å²) in [7, 11) is 0. The van der Waals surface area contributed by atoms with E-state index < -0.39 is 24.8 Å². The molecule has 0 unspecified atom stereocenters. The molecule has 0 spiro atoms. The van der Waals surface area contributed by atoms with Gasteiger partial charge in [0.05, 0.1) is 17.1 Å². The van der Waals surface area contributed by atoms with Crippen molar-refractivity contribution in [2.45, 2.75) is 12.4 Å². The molecule has 0 aliphatic heterocycles. The number of aliphatic hydroxyl groups excluding tert-OH is 1. The van der Waals surface area contributed by atoms with Gasteiger partial charge in [-0.1, -0.05) is 0 Å². The molecule has 0 saturated heterocycles. The zero-order chi connectivity index (χ0) is 13.2. The SMILES string of the molecule is N[C@H](CO)c1cc(OC(F)(F)F)c(Br)cc1O. The molecule has 0 bridgehead atoms. The number of aliphatic hydroxyl groups is 1. The van der Waals surface area contributed by atoms with Crippen molar-refractivity contribution >= 4 is 15.9 Å². The summed E-state index contributed by atoms with van der Waals surface area (Å²) in [6.45, 7) is -0.513. The van der Waals surface area contributed by atoms with Crippen molar-refractivity contribution in [2.24, 2.45) is 5.73 Å². The first-order valence-corrected chi connectivity index (χ1v) is 5.18. The molecule has 8 heteroatoms. The normalized spacial score (nSPS) is 13.5. The smallest absolute Gasteiger partial charge is 0.508 e. The monoisotopic (exact) mass is 315 g/mol. The molecule has 96 valence electrons. The Kier molecular flexibility index (Phi) is 4.23. The average molecular weight is 316 g/mol. The molecule has 1 atom stereocenters. The Morgan fingerprint density at radius 2 is 2.00 bits per heavy atom. The van der Waals surface area contributed by atoms with Gasteiger partial charge in [0.1, 0.15) is 11.5 Å². The van der Waals surface area contributed by atoms with Gasteiger partial charge in [-0.05, 0) is 28.1 Å². The molecule has 1 rings (SSSR count). The number of aromatic hydroxyl groups is 1. The summed E-state index contributed by atoms with van der Waals surface area (Å²) >= 11 is 2.82. The third-order valence-corrected chi connectivity index (χ3v) is 2.52. The maximum Gasteiger partial charge on any atom is 0.573 e. The van der Waals surface area contributed by atoms with E-state index in [0.29, 0.717) is 0 Å². The van der Waals surface area contributed by atoms with Gasteiger partial charge in [-0.25, -0.2) is 0 Å². The van der Waals surface area contributed by atoms with Gasteiger partial charge in [0, 0.05) is 5.56 Å². The minimum Gasteiger partial charge on any atom is -0.508 e. The molecule has 17 heavy (non-hydrogen) atoms. The Hall–Kier alpha value is -0.990. The van der Waals surface area contributed by atoms with Crippen molar-refractivity contribution in [3.8, 4) is 11.5 Å². The zero-order valence-electron chi connectivity index (χ0n) is 8.33. The van der Waals surface area contributed by atoms with Crippen LogP contribution in [0.25, 0.3) is 0 Å². The van der Waals surface area contributed by atoms with Crippen molar-refractivity contribution in [2.75, 3.05) is 6.61 Å². The number of phenols is 1. The van der Waals surface area contributed by atoms with Gasteiger partial charge in [-0.2, -0.15) is 0 Å². The molecule has 0 radical (unpaired) electrons. The fourth-order valence-electron chi connectivity index (χ4n) is 1.16. The van der Waals surface area contributed by atoms with Crippen LogP contribution < -0.4 is 10.5 Å². The molecule has 0 fully saturated rings. The second-order valence-electron chi connectivity index (χ2n) is 3.18. The molecule has 0 aliphatic rings. The van der Waals surface area contributed by atoms with E-state index >= 15 is 0 Å². The van der Waals surface area contributed by atoms with Crippen molar-refractivity contribution in [3.63, 3.8) is 0 Å². The van der Waals surface area contributed by atoms with Crippen molar-refractivity contribution in [3.05, 3.63) is 22.2 Å². The van der Waals surface area contributed by atoms with Crippen LogP contribution in [0.5, 0.6) is 11.5 Å². The highest BCUT2D eigenvalue weighted by Crippen LogP contribution is 2.37. The Morgan fingerprint density at radius 3 is 2.47 bits per heavy atom. The zero-order valence-corrected chi connectivity index (χ0v) is 9.92. The molecule has 1 aromatic carbocycles. The predicted octanol–water partition coefficient (Wildman–Crippen LogP) is 2.05. The first-order valence-electron chi connectivity index (χ1n) is 4.39. The molecule has 1 aromatic rings. The van der Waals surface area contributed by atoms with Crippen LogP contribution in [0.15, 0.2) is 16.6 Å². The van der Waals surface area contributed by atoms with E-state index in [1.165, 1.54) is 0 Å². The number of rotatable bonds is 3. The van der Waals surface area contributed by atoms with Gasteiger partial charge in [0.25, 0.3) is 0 Å². The van der Waals surface area contributed by atoms with Crippen LogP contribution in [0.2, 0.25) is 0 Å². The van der Waals surface area contributed by atoms with Crippen LogP contribution in [0.1, 0.15) is 11.6 Å². The van der Waals surface area contributed by atoms with E-state index in [0.717, 1.165) is 12.1 Å². The summed E-state index contributed by atoms with van der Waals surface area (Å²) in [6, 6.07) is 0.957. The van der Waals surface area contributed by atoms with E-state index in [9.17, 15) is 18.3 Å². The largest absolute Gasteiger partial charge is 0.573 e. The number of phenolic OH excluding ortho intramolecular Hbond substituents is 1. The quantitative estimate of drug-likeness (QED) is 0.798. The molecular formula is C9H9BrF3NO3. The summed E-state index contributed by atoms with van der Waals surface area (Å²) < 4.78 is 39.8.